The summed E-state index contributed by atoms with van der Waals surface area (Å²) in [6.07, 6.45) is 4.99. The van der Waals surface area contributed by atoms with Crippen molar-refractivity contribution in [3.8, 4) is 0 Å². The summed E-state index contributed by atoms with van der Waals surface area (Å²) in [5, 5.41) is 7.16. The zero-order valence-corrected chi connectivity index (χ0v) is 14.9. The summed E-state index contributed by atoms with van der Waals surface area (Å²) in [5.74, 6) is -0.492. The molecule has 4 rings (SSSR count). The van der Waals surface area contributed by atoms with Gasteiger partial charge in [-0.3, -0.25) is 0 Å². The maximum Gasteiger partial charge on any atom is 0.171 e. The van der Waals surface area contributed by atoms with Crippen LogP contribution in [0.3, 0.4) is 0 Å². The first kappa shape index (κ1) is 16.9. The minimum atomic E-state index is -0.250. The molecule has 0 aromatic heterocycles. The van der Waals surface area contributed by atoms with Crippen molar-refractivity contribution in [2.45, 2.75) is 25.3 Å². The Hall–Kier alpha value is -2.53. The number of allylic oxidation sites excluding steroid dienone is 1. The highest BCUT2D eigenvalue weighted by molar-refractivity contribution is 7.80. The smallest absolute Gasteiger partial charge is 0.171 e. The molecule has 2 aromatic carbocycles. The third-order valence-electron chi connectivity index (χ3n) is 4.81. The van der Waals surface area contributed by atoms with Crippen molar-refractivity contribution < 1.29 is 8.78 Å². The molecule has 132 valence electrons. The third-order valence-corrected chi connectivity index (χ3v) is 5.03. The minimum Gasteiger partial charge on any atom is -0.352 e. The molecule has 0 fully saturated rings. The molecular formula is C21H18F2N2S. The van der Waals surface area contributed by atoms with Gasteiger partial charge in [0.2, 0.25) is 0 Å². The van der Waals surface area contributed by atoms with Gasteiger partial charge in [0.05, 0.1) is 6.04 Å². The summed E-state index contributed by atoms with van der Waals surface area (Å²) in [6, 6.07) is 12.9. The molecule has 2 aliphatic rings. The molecular weight excluding hydrogens is 350 g/mol. The zero-order chi connectivity index (χ0) is 18.1. The van der Waals surface area contributed by atoms with Crippen LogP contribution in [0.4, 0.5) is 8.78 Å². The first-order valence-electron chi connectivity index (χ1n) is 8.63. The molecule has 0 unspecified atom stereocenters. The lowest BCUT2D eigenvalue weighted by atomic mass is 9.83. The average Bonchev–Trinajstić information content (AvgIpc) is 2.64. The van der Waals surface area contributed by atoms with Crippen LogP contribution in [-0.2, 0) is 0 Å². The van der Waals surface area contributed by atoms with Crippen LogP contribution in [0, 0.1) is 11.6 Å². The van der Waals surface area contributed by atoms with E-state index in [0.717, 1.165) is 41.7 Å². The second kappa shape index (κ2) is 7.00. The van der Waals surface area contributed by atoms with E-state index in [9.17, 15) is 8.78 Å². The van der Waals surface area contributed by atoms with Gasteiger partial charge < -0.3 is 10.6 Å². The van der Waals surface area contributed by atoms with E-state index in [-0.39, 0.29) is 17.7 Å². The molecule has 0 bridgehead atoms. The molecule has 1 aliphatic carbocycles. The molecule has 2 nitrogen and oxygen atoms in total. The van der Waals surface area contributed by atoms with E-state index < -0.39 is 0 Å². The van der Waals surface area contributed by atoms with Gasteiger partial charge in [-0.05, 0) is 84.1 Å². The molecule has 26 heavy (non-hydrogen) atoms. The van der Waals surface area contributed by atoms with Crippen molar-refractivity contribution >= 4 is 23.4 Å². The molecule has 5 heteroatoms. The highest BCUT2D eigenvalue weighted by Crippen LogP contribution is 2.38. The summed E-state index contributed by atoms with van der Waals surface area (Å²) >= 11 is 5.40. The topological polar surface area (TPSA) is 24.1 Å². The van der Waals surface area contributed by atoms with E-state index in [1.807, 2.05) is 0 Å². The highest BCUT2D eigenvalue weighted by Gasteiger charge is 2.30. The number of benzene rings is 2. The Kier molecular flexibility index (Phi) is 4.55. The Morgan fingerprint density at radius 1 is 0.923 bits per heavy atom. The molecule has 0 amide bonds. The fourth-order valence-corrected chi connectivity index (χ4v) is 3.81. The molecule has 1 atom stereocenters. The van der Waals surface area contributed by atoms with Crippen molar-refractivity contribution in [2.75, 3.05) is 0 Å². The Labute approximate surface area is 156 Å². The normalized spacial score (nSPS) is 21.2. The summed E-state index contributed by atoms with van der Waals surface area (Å²) in [5.41, 5.74) is 5.38. The molecule has 1 heterocycles. The molecule has 1 aliphatic heterocycles. The van der Waals surface area contributed by atoms with Gasteiger partial charge >= 0.3 is 0 Å². The number of rotatable bonds is 2. The van der Waals surface area contributed by atoms with Crippen LogP contribution in [0.25, 0.3) is 6.08 Å². The lowest BCUT2D eigenvalue weighted by Crippen LogP contribution is -2.45. The maximum absolute atomic E-state index is 13.3. The number of halogens is 2. The molecule has 2 N–H and O–H groups in total. The van der Waals surface area contributed by atoms with Crippen molar-refractivity contribution in [1.82, 2.24) is 10.6 Å². The van der Waals surface area contributed by atoms with Crippen LogP contribution in [0.5, 0.6) is 0 Å². The molecule has 2 aromatic rings. The minimum absolute atomic E-state index is 0.0590. The first-order valence-corrected chi connectivity index (χ1v) is 9.03. The van der Waals surface area contributed by atoms with Gasteiger partial charge in [-0.25, -0.2) is 8.78 Å². The molecule has 0 saturated heterocycles. The van der Waals surface area contributed by atoms with Gasteiger partial charge in [-0.1, -0.05) is 24.3 Å². The standard InChI is InChI=1S/C21H18F2N2S/c22-16-8-4-13(5-9-16)12-15-2-1-3-18-19(24-21(26)25-20(15)18)14-6-10-17(23)11-7-14/h4-12,19H,1-3H2,(H2,24,25,26)/b15-12+/t19-/m0/s1. The number of thiocarbonyl (C=S) groups is 1. The van der Waals surface area contributed by atoms with Crippen LogP contribution in [0.1, 0.15) is 36.4 Å². The van der Waals surface area contributed by atoms with E-state index in [1.54, 1.807) is 24.3 Å². The fourth-order valence-electron chi connectivity index (χ4n) is 3.59. The Bertz CT molecular complexity index is 899. The Balaban J connectivity index is 1.75. The SMILES string of the molecule is Fc1ccc(/C=C2\CCCC3=C2NC(=S)N[C@H]3c2ccc(F)cc2)cc1. The quantitative estimate of drug-likeness (QED) is 0.729. The summed E-state index contributed by atoms with van der Waals surface area (Å²) in [7, 11) is 0. The monoisotopic (exact) mass is 368 g/mol. The Morgan fingerprint density at radius 2 is 1.58 bits per heavy atom. The predicted molar refractivity (Wildman–Crippen MR) is 103 cm³/mol. The Morgan fingerprint density at radius 3 is 2.27 bits per heavy atom. The van der Waals surface area contributed by atoms with Gasteiger partial charge in [0.15, 0.2) is 5.11 Å². The highest BCUT2D eigenvalue weighted by atomic mass is 32.1. The van der Waals surface area contributed by atoms with Gasteiger partial charge in [0.1, 0.15) is 11.6 Å². The van der Waals surface area contributed by atoms with Crippen molar-refractivity contribution in [3.05, 3.63) is 88.1 Å². The van der Waals surface area contributed by atoms with Crippen LogP contribution in [0.15, 0.2) is 65.4 Å². The van der Waals surface area contributed by atoms with Crippen molar-refractivity contribution in [2.24, 2.45) is 0 Å². The summed E-state index contributed by atoms with van der Waals surface area (Å²) < 4.78 is 26.4. The van der Waals surface area contributed by atoms with Gasteiger partial charge in [-0.2, -0.15) is 0 Å². The lowest BCUT2D eigenvalue weighted by molar-refractivity contribution is 0.602. The first-order chi connectivity index (χ1) is 12.6. The maximum atomic E-state index is 13.3. The zero-order valence-electron chi connectivity index (χ0n) is 14.1. The number of nitrogens with one attached hydrogen (secondary N) is 2. The van der Waals surface area contributed by atoms with E-state index in [2.05, 4.69) is 16.7 Å². The lowest BCUT2D eigenvalue weighted by Gasteiger charge is -2.36. The van der Waals surface area contributed by atoms with Crippen LogP contribution in [0.2, 0.25) is 0 Å². The number of hydrogen-bond acceptors (Lipinski definition) is 1. The predicted octanol–water partition coefficient (Wildman–Crippen LogP) is 5.01. The van der Waals surface area contributed by atoms with Crippen LogP contribution >= 0.6 is 12.2 Å². The summed E-state index contributed by atoms with van der Waals surface area (Å²) in [6.45, 7) is 0. The van der Waals surface area contributed by atoms with Crippen LogP contribution in [-0.4, -0.2) is 5.11 Å². The summed E-state index contributed by atoms with van der Waals surface area (Å²) in [4.78, 5) is 0. The fraction of sp³-hybridized carbons (Fsp3) is 0.190. The van der Waals surface area contributed by atoms with Gasteiger partial charge in [0, 0.05) is 5.70 Å². The molecule has 0 spiro atoms. The number of hydrogen-bond donors (Lipinski definition) is 2. The van der Waals surface area contributed by atoms with Gasteiger partial charge in [-0.15, -0.1) is 0 Å². The van der Waals surface area contributed by atoms with Crippen molar-refractivity contribution in [1.29, 1.82) is 0 Å². The second-order valence-corrected chi connectivity index (χ2v) is 6.97. The van der Waals surface area contributed by atoms with E-state index in [1.165, 1.54) is 29.8 Å². The second-order valence-electron chi connectivity index (χ2n) is 6.56. The van der Waals surface area contributed by atoms with Crippen molar-refractivity contribution in [3.63, 3.8) is 0 Å². The largest absolute Gasteiger partial charge is 0.352 e. The van der Waals surface area contributed by atoms with E-state index in [4.69, 9.17) is 12.2 Å². The molecule has 0 radical (unpaired) electrons. The van der Waals surface area contributed by atoms with Gasteiger partial charge in [0.25, 0.3) is 0 Å². The van der Waals surface area contributed by atoms with E-state index >= 15 is 0 Å². The van der Waals surface area contributed by atoms with E-state index in [0.29, 0.717) is 5.11 Å². The van der Waals surface area contributed by atoms with Crippen LogP contribution < -0.4 is 10.6 Å². The molecule has 0 saturated carbocycles. The third kappa shape index (κ3) is 3.40. The average molecular weight is 368 g/mol.